The molecule has 0 heterocycles. The number of ether oxygens (including phenoxy) is 2. The summed E-state index contributed by atoms with van der Waals surface area (Å²) in [6, 6.07) is 18.8. The van der Waals surface area contributed by atoms with Crippen LogP contribution in [0.4, 0.5) is 30.2 Å². The third-order valence-electron chi connectivity index (χ3n) is 6.69. The Morgan fingerprint density at radius 3 is 2.34 bits per heavy atom. The van der Waals surface area contributed by atoms with E-state index in [9.17, 15) is 18.0 Å². The van der Waals surface area contributed by atoms with Gasteiger partial charge in [-0.3, -0.25) is 4.79 Å². The van der Waals surface area contributed by atoms with E-state index in [1.165, 1.54) is 56.4 Å². The number of hydrogen-bond acceptors (Lipinski definition) is 4. The number of carbonyl (C=O) groups is 1. The number of rotatable bonds is 10. The van der Waals surface area contributed by atoms with E-state index in [1.54, 1.807) is 0 Å². The Kier molecular flexibility index (Phi) is 9.15. The summed E-state index contributed by atoms with van der Waals surface area (Å²) in [6.07, 6.45) is 3.15. The molecule has 0 aliphatic heterocycles. The maximum atomic E-state index is 12.5. The highest BCUT2D eigenvalue weighted by atomic mass is 19.4. The molecule has 3 aromatic rings. The largest absolute Gasteiger partial charge is 0.573 e. The van der Waals surface area contributed by atoms with Gasteiger partial charge in [-0.15, -0.1) is 13.2 Å². The Hall–Kier alpha value is -3.68. The Labute approximate surface area is 221 Å². The second-order valence-electron chi connectivity index (χ2n) is 9.75. The zero-order valence-electron chi connectivity index (χ0n) is 21.4. The topological polar surface area (TPSA) is 59.6 Å². The van der Waals surface area contributed by atoms with Crippen LogP contribution in [0.5, 0.6) is 11.5 Å². The standard InChI is InChI=1S/C30H33F3N2O3/c1-21-18-27(37-20-23-10-13-26(14-11-23)38-30(31,32)33)15-16-28(21)34-24-8-5-9-25(19-24)35-29(36)17-12-22-6-3-2-4-7-22/h5,8-11,13-16,18-19,22,34H,2-4,6-7,12,17,20H2,1H3,(H,35,36). The summed E-state index contributed by atoms with van der Waals surface area (Å²) < 4.78 is 46.6. The van der Waals surface area contributed by atoms with Gasteiger partial charge in [0.25, 0.3) is 0 Å². The molecule has 0 saturated heterocycles. The second-order valence-corrected chi connectivity index (χ2v) is 9.75. The lowest BCUT2D eigenvalue weighted by atomic mass is 9.86. The van der Waals surface area contributed by atoms with Gasteiger partial charge in [-0.25, -0.2) is 0 Å². The molecule has 0 bridgehead atoms. The van der Waals surface area contributed by atoms with Crippen molar-refractivity contribution in [2.45, 2.75) is 64.8 Å². The number of carbonyl (C=O) groups excluding carboxylic acids is 1. The highest BCUT2D eigenvalue weighted by Gasteiger charge is 2.30. The van der Waals surface area contributed by atoms with E-state index in [-0.39, 0.29) is 18.3 Å². The molecule has 1 aliphatic rings. The molecular formula is C30H33F3N2O3. The molecule has 3 aromatic carbocycles. The van der Waals surface area contributed by atoms with Gasteiger partial charge in [0.05, 0.1) is 0 Å². The van der Waals surface area contributed by atoms with E-state index >= 15 is 0 Å². The first-order valence-electron chi connectivity index (χ1n) is 13.0. The highest BCUT2D eigenvalue weighted by Crippen LogP contribution is 2.29. The SMILES string of the molecule is Cc1cc(OCc2ccc(OC(F)(F)F)cc2)ccc1Nc1cccc(NC(=O)CCC2CCCCC2)c1. The van der Waals surface area contributed by atoms with E-state index in [2.05, 4.69) is 15.4 Å². The minimum atomic E-state index is -4.71. The van der Waals surface area contributed by atoms with Crippen molar-refractivity contribution in [1.82, 2.24) is 0 Å². The molecule has 0 aromatic heterocycles. The molecule has 8 heteroatoms. The van der Waals surface area contributed by atoms with Crippen molar-refractivity contribution in [3.8, 4) is 11.5 Å². The summed E-state index contributed by atoms with van der Waals surface area (Å²) in [6.45, 7) is 2.16. The molecule has 2 N–H and O–H groups in total. The van der Waals surface area contributed by atoms with Gasteiger partial charge < -0.3 is 20.1 Å². The van der Waals surface area contributed by atoms with Gasteiger partial charge in [0.2, 0.25) is 5.91 Å². The molecular weight excluding hydrogens is 493 g/mol. The molecule has 0 unspecified atom stereocenters. The number of nitrogens with one attached hydrogen (secondary N) is 2. The number of alkyl halides is 3. The molecule has 1 fully saturated rings. The first-order chi connectivity index (χ1) is 18.2. The number of hydrogen-bond donors (Lipinski definition) is 2. The number of benzene rings is 3. The predicted molar refractivity (Wildman–Crippen MR) is 143 cm³/mol. The lowest BCUT2D eigenvalue weighted by Crippen LogP contribution is -2.17. The maximum absolute atomic E-state index is 12.5. The average Bonchev–Trinajstić information content (AvgIpc) is 2.88. The Balaban J connectivity index is 1.28. The minimum Gasteiger partial charge on any atom is -0.489 e. The molecule has 0 atom stereocenters. The molecule has 38 heavy (non-hydrogen) atoms. The van der Waals surface area contributed by atoms with Crippen molar-refractivity contribution in [2.75, 3.05) is 10.6 Å². The fraction of sp³-hybridized carbons (Fsp3) is 0.367. The van der Waals surface area contributed by atoms with Crippen LogP contribution in [0, 0.1) is 12.8 Å². The van der Waals surface area contributed by atoms with Crippen molar-refractivity contribution in [3.63, 3.8) is 0 Å². The van der Waals surface area contributed by atoms with E-state index in [0.717, 1.165) is 34.6 Å². The van der Waals surface area contributed by atoms with E-state index < -0.39 is 6.36 Å². The summed E-state index contributed by atoms with van der Waals surface area (Å²) in [5.41, 5.74) is 4.18. The van der Waals surface area contributed by atoms with Gasteiger partial charge in [-0.05, 0) is 78.9 Å². The summed E-state index contributed by atoms with van der Waals surface area (Å²) in [7, 11) is 0. The van der Waals surface area contributed by atoms with Crippen LogP contribution in [0.2, 0.25) is 0 Å². The van der Waals surface area contributed by atoms with Gasteiger partial charge >= 0.3 is 6.36 Å². The maximum Gasteiger partial charge on any atom is 0.573 e. The van der Waals surface area contributed by atoms with Crippen LogP contribution in [0.1, 0.15) is 56.1 Å². The molecule has 1 saturated carbocycles. The number of anilines is 3. The fourth-order valence-electron chi connectivity index (χ4n) is 4.68. The van der Waals surface area contributed by atoms with Crippen molar-refractivity contribution < 1.29 is 27.4 Å². The van der Waals surface area contributed by atoms with Crippen LogP contribution in [0.3, 0.4) is 0 Å². The first kappa shape index (κ1) is 27.4. The lowest BCUT2D eigenvalue weighted by Gasteiger charge is -2.21. The van der Waals surface area contributed by atoms with Gasteiger partial charge in [0.15, 0.2) is 0 Å². The summed E-state index contributed by atoms with van der Waals surface area (Å²) in [5, 5.41) is 6.40. The molecule has 5 nitrogen and oxygen atoms in total. The Morgan fingerprint density at radius 1 is 0.921 bits per heavy atom. The van der Waals surface area contributed by atoms with Crippen molar-refractivity contribution in [2.24, 2.45) is 5.92 Å². The zero-order chi connectivity index (χ0) is 27.0. The number of halogens is 3. The van der Waals surface area contributed by atoms with Gasteiger partial charge in [-0.2, -0.15) is 0 Å². The number of amides is 1. The monoisotopic (exact) mass is 526 g/mol. The van der Waals surface area contributed by atoms with E-state index in [4.69, 9.17) is 4.74 Å². The van der Waals surface area contributed by atoms with Gasteiger partial charge in [-0.1, -0.05) is 50.3 Å². The van der Waals surface area contributed by atoms with E-state index in [0.29, 0.717) is 18.1 Å². The van der Waals surface area contributed by atoms with E-state index in [1.807, 2.05) is 49.4 Å². The van der Waals surface area contributed by atoms with Gasteiger partial charge in [0.1, 0.15) is 18.1 Å². The Bertz CT molecular complexity index is 1210. The molecule has 1 aliphatic carbocycles. The number of aryl methyl sites for hydroxylation is 1. The third-order valence-corrected chi connectivity index (χ3v) is 6.69. The molecule has 4 rings (SSSR count). The average molecular weight is 527 g/mol. The molecule has 0 spiro atoms. The van der Waals surface area contributed by atoms with Crippen LogP contribution in [-0.2, 0) is 11.4 Å². The predicted octanol–water partition coefficient (Wildman–Crippen LogP) is 8.52. The lowest BCUT2D eigenvalue weighted by molar-refractivity contribution is -0.274. The quantitative estimate of drug-likeness (QED) is 0.278. The zero-order valence-corrected chi connectivity index (χ0v) is 21.4. The van der Waals surface area contributed by atoms with Crippen LogP contribution >= 0.6 is 0 Å². The van der Waals surface area contributed by atoms with Crippen molar-refractivity contribution >= 4 is 23.0 Å². The van der Waals surface area contributed by atoms with Crippen molar-refractivity contribution in [1.29, 1.82) is 0 Å². The minimum absolute atomic E-state index is 0.0490. The van der Waals surface area contributed by atoms with Gasteiger partial charge in [0, 0.05) is 23.5 Å². The molecule has 202 valence electrons. The van der Waals surface area contributed by atoms with Crippen LogP contribution in [0.25, 0.3) is 0 Å². The van der Waals surface area contributed by atoms with Crippen LogP contribution in [0.15, 0.2) is 66.7 Å². The fourth-order valence-corrected chi connectivity index (χ4v) is 4.68. The van der Waals surface area contributed by atoms with Crippen LogP contribution in [-0.4, -0.2) is 12.3 Å². The smallest absolute Gasteiger partial charge is 0.489 e. The van der Waals surface area contributed by atoms with Crippen LogP contribution < -0.4 is 20.1 Å². The third kappa shape index (κ3) is 8.71. The second kappa shape index (κ2) is 12.7. The first-order valence-corrected chi connectivity index (χ1v) is 13.0. The molecule has 0 radical (unpaired) electrons. The molecule has 1 amide bonds. The highest BCUT2D eigenvalue weighted by molar-refractivity contribution is 5.91. The summed E-state index contributed by atoms with van der Waals surface area (Å²) in [4.78, 5) is 12.5. The van der Waals surface area contributed by atoms with Crippen molar-refractivity contribution in [3.05, 3.63) is 77.9 Å². The Morgan fingerprint density at radius 2 is 1.63 bits per heavy atom. The normalized spacial score (nSPS) is 14.1. The summed E-state index contributed by atoms with van der Waals surface area (Å²) >= 11 is 0. The summed E-state index contributed by atoms with van der Waals surface area (Å²) in [5.74, 6) is 1.10.